The molecule has 0 bridgehead atoms. The Morgan fingerprint density at radius 3 is 2.06 bits per heavy atom. The fourth-order valence-corrected chi connectivity index (χ4v) is 1.77. The van der Waals surface area contributed by atoms with Crippen LogP contribution >= 0.6 is 0 Å². The maximum Gasteiger partial charge on any atom is 0.123 e. The fourth-order valence-electron chi connectivity index (χ4n) is 1.77. The highest BCUT2D eigenvalue weighted by Crippen LogP contribution is 2.30. The van der Waals surface area contributed by atoms with Crippen LogP contribution < -0.4 is 4.74 Å². The van der Waals surface area contributed by atoms with Crippen molar-refractivity contribution in [1.82, 2.24) is 0 Å². The topological polar surface area (TPSA) is 29.5 Å². The van der Waals surface area contributed by atoms with Gasteiger partial charge in [0.05, 0.1) is 0 Å². The number of aromatic hydroxyl groups is 1. The van der Waals surface area contributed by atoms with Gasteiger partial charge in [-0.1, -0.05) is 30.3 Å². The van der Waals surface area contributed by atoms with E-state index in [1.165, 1.54) is 0 Å². The first-order valence-corrected chi connectivity index (χ1v) is 6.03. The smallest absolute Gasteiger partial charge is 0.123 e. The molecule has 0 aliphatic rings. The summed E-state index contributed by atoms with van der Waals surface area (Å²) < 4.78 is 5.76. The molecule has 0 amide bonds. The van der Waals surface area contributed by atoms with Crippen molar-refractivity contribution >= 4 is 0 Å². The van der Waals surface area contributed by atoms with Crippen LogP contribution in [-0.4, -0.2) is 10.7 Å². The van der Waals surface area contributed by atoms with Gasteiger partial charge in [-0.15, -0.1) is 0 Å². The minimum absolute atomic E-state index is 0.198. The third-order valence-electron chi connectivity index (χ3n) is 2.49. The molecule has 0 aliphatic heterocycles. The van der Waals surface area contributed by atoms with E-state index < -0.39 is 0 Å². The molecule has 18 heavy (non-hydrogen) atoms. The first kappa shape index (κ1) is 12.5. The Morgan fingerprint density at radius 2 is 1.50 bits per heavy atom. The van der Waals surface area contributed by atoms with Crippen LogP contribution in [0, 0.1) is 0 Å². The summed E-state index contributed by atoms with van der Waals surface area (Å²) in [6.07, 6.45) is 0. The first-order valence-electron chi connectivity index (χ1n) is 6.03. The number of hydrogen-bond acceptors (Lipinski definition) is 2. The fraction of sp³-hybridized carbons (Fsp3) is 0.250. The van der Waals surface area contributed by atoms with Crippen LogP contribution in [0.15, 0.2) is 48.5 Å². The molecule has 94 valence electrons. The number of rotatable bonds is 2. The van der Waals surface area contributed by atoms with Crippen LogP contribution in [0.25, 0.3) is 11.1 Å². The summed E-state index contributed by atoms with van der Waals surface area (Å²) >= 11 is 0. The SMILES string of the molecule is CC(C)(C)Oc1ccc(-c2ccccc2O)cc1. The second kappa shape index (κ2) is 4.73. The minimum Gasteiger partial charge on any atom is -0.507 e. The molecular formula is C16H18O2. The standard InChI is InChI=1S/C16H18O2/c1-16(2,3)18-13-10-8-12(9-11-13)14-6-4-5-7-15(14)17/h4-11,17H,1-3H3. The lowest BCUT2D eigenvalue weighted by Gasteiger charge is -2.21. The van der Waals surface area contributed by atoms with Gasteiger partial charge < -0.3 is 9.84 Å². The van der Waals surface area contributed by atoms with Crippen molar-refractivity contribution in [1.29, 1.82) is 0 Å². The van der Waals surface area contributed by atoms with Gasteiger partial charge in [0.2, 0.25) is 0 Å². The van der Waals surface area contributed by atoms with Crippen molar-refractivity contribution in [3.8, 4) is 22.6 Å². The molecule has 0 spiro atoms. The molecule has 1 N–H and O–H groups in total. The zero-order valence-electron chi connectivity index (χ0n) is 11.0. The van der Waals surface area contributed by atoms with Crippen molar-refractivity contribution in [3.63, 3.8) is 0 Å². The van der Waals surface area contributed by atoms with E-state index in [9.17, 15) is 5.11 Å². The lowest BCUT2D eigenvalue weighted by atomic mass is 10.0. The normalized spacial score (nSPS) is 11.3. The summed E-state index contributed by atoms with van der Waals surface area (Å²) in [5, 5.41) is 9.79. The van der Waals surface area contributed by atoms with Gasteiger partial charge >= 0.3 is 0 Å². The van der Waals surface area contributed by atoms with Crippen LogP contribution in [-0.2, 0) is 0 Å². The zero-order chi connectivity index (χ0) is 13.2. The number of para-hydroxylation sites is 1. The summed E-state index contributed by atoms with van der Waals surface area (Å²) in [7, 11) is 0. The summed E-state index contributed by atoms with van der Waals surface area (Å²) in [6, 6.07) is 15.1. The van der Waals surface area contributed by atoms with Gasteiger partial charge in [0, 0.05) is 5.56 Å². The average molecular weight is 242 g/mol. The highest BCUT2D eigenvalue weighted by atomic mass is 16.5. The summed E-state index contributed by atoms with van der Waals surface area (Å²) in [4.78, 5) is 0. The molecule has 0 aromatic heterocycles. The van der Waals surface area contributed by atoms with Crippen LogP contribution in [0.2, 0.25) is 0 Å². The van der Waals surface area contributed by atoms with Crippen LogP contribution in [0.3, 0.4) is 0 Å². The van der Waals surface area contributed by atoms with Gasteiger partial charge in [-0.25, -0.2) is 0 Å². The molecule has 2 aromatic rings. The third-order valence-corrected chi connectivity index (χ3v) is 2.49. The quantitative estimate of drug-likeness (QED) is 0.853. The Bertz CT molecular complexity index is 522. The van der Waals surface area contributed by atoms with Crippen molar-refractivity contribution in [3.05, 3.63) is 48.5 Å². The Morgan fingerprint density at radius 1 is 0.889 bits per heavy atom. The summed E-state index contributed by atoms with van der Waals surface area (Å²) in [5.74, 6) is 1.13. The largest absolute Gasteiger partial charge is 0.507 e. The van der Waals surface area contributed by atoms with Crippen molar-refractivity contribution in [2.45, 2.75) is 26.4 Å². The van der Waals surface area contributed by atoms with Crippen LogP contribution in [0.4, 0.5) is 0 Å². The van der Waals surface area contributed by atoms with E-state index in [0.717, 1.165) is 16.9 Å². The number of benzene rings is 2. The Balaban J connectivity index is 2.26. The molecule has 0 heterocycles. The average Bonchev–Trinajstić information content (AvgIpc) is 2.29. The van der Waals surface area contributed by atoms with E-state index in [0.29, 0.717) is 5.75 Å². The highest BCUT2D eigenvalue weighted by Gasteiger charge is 2.11. The summed E-state index contributed by atoms with van der Waals surface area (Å²) in [6.45, 7) is 6.05. The predicted molar refractivity (Wildman–Crippen MR) is 73.9 cm³/mol. The molecule has 0 radical (unpaired) electrons. The second-order valence-electron chi connectivity index (χ2n) is 5.26. The van der Waals surface area contributed by atoms with E-state index in [4.69, 9.17) is 4.74 Å². The van der Waals surface area contributed by atoms with Gasteiger partial charge in [0.15, 0.2) is 0 Å². The molecule has 2 rings (SSSR count). The predicted octanol–water partition coefficient (Wildman–Crippen LogP) is 4.24. The van der Waals surface area contributed by atoms with Gasteiger partial charge in [0.25, 0.3) is 0 Å². The van der Waals surface area contributed by atoms with Crippen LogP contribution in [0.5, 0.6) is 11.5 Å². The molecule has 0 aliphatic carbocycles. The summed E-state index contributed by atoms with van der Waals surface area (Å²) in [5.41, 5.74) is 1.62. The molecule has 0 unspecified atom stereocenters. The minimum atomic E-state index is -0.198. The Labute approximate surface area is 108 Å². The van der Waals surface area contributed by atoms with Crippen molar-refractivity contribution in [2.24, 2.45) is 0 Å². The number of ether oxygens (including phenoxy) is 1. The van der Waals surface area contributed by atoms with E-state index in [2.05, 4.69) is 0 Å². The van der Waals surface area contributed by atoms with E-state index in [1.807, 2.05) is 63.2 Å². The Kier molecular flexibility index (Phi) is 3.28. The Hall–Kier alpha value is -1.96. The number of phenolic OH excluding ortho intramolecular Hbond substituents is 1. The molecule has 2 aromatic carbocycles. The van der Waals surface area contributed by atoms with Gasteiger partial charge in [-0.05, 0) is 44.5 Å². The van der Waals surface area contributed by atoms with Crippen LogP contribution in [0.1, 0.15) is 20.8 Å². The van der Waals surface area contributed by atoms with E-state index >= 15 is 0 Å². The highest BCUT2D eigenvalue weighted by molar-refractivity contribution is 5.70. The van der Waals surface area contributed by atoms with E-state index in [1.54, 1.807) is 6.07 Å². The van der Waals surface area contributed by atoms with Crippen molar-refractivity contribution in [2.75, 3.05) is 0 Å². The number of phenols is 1. The molecule has 0 saturated heterocycles. The zero-order valence-corrected chi connectivity index (χ0v) is 11.0. The van der Waals surface area contributed by atoms with E-state index in [-0.39, 0.29) is 5.60 Å². The molecule has 0 atom stereocenters. The molecular weight excluding hydrogens is 224 g/mol. The lowest BCUT2D eigenvalue weighted by Crippen LogP contribution is -2.22. The molecule has 0 saturated carbocycles. The maximum atomic E-state index is 9.79. The van der Waals surface area contributed by atoms with Gasteiger partial charge in [0.1, 0.15) is 17.1 Å². The second-order valence-corrected chi connectivity index (χ2v) is 5.26. The first-order chi connectivity index (χ1) is 8.46. The van der Waals surface area contributed by atoms with Crippen molar-refractivity contribution < 1.29 is 9.84 Å². The lowest BCUT2D eigenvalue weighted by molar-refractivity contribution is 0.131. The van der Waals surface area contributed by atoms with Gasteiger partial charge in [-0.2, -0.15) is 0 Å². The van der Waals surface area contributed by atoms with Gasteiger partial charge in [-0.3, -0.25) is 0 Å². The third kappa shape index (κ3) is 3.04. The molecule has 0 fully saturated rings. The maximum absolute atomic E-state index is 9.79. The number of hydrogen-bond donors (Lipinski definition) is 1. The monoisotopic (exact) mass is 242 g/mol. The molecule has 2 nitrogen and oxygen atoms in total. The molecule has 2 heteroatoms.